The van der Waals surface area contributed by atoms with E-state index in [0.29, 0.717) is 23.2 Å². The number of thiophene rings is 1. The fourth-order valence-electron chi connectivity index (χ4n) is 2.02. The molecule has 110 valence electrons. The van der Waals surface area contributed by atoms with Crippen molar-refractivity contribution < 1.29 is 14.1 Å². The molecule has 2 amide bonds. The molecule has 0 atom stereocenters. The number of hydrogen-bond acceptors (Lipinski definition) is 5. The lowest BCUT2D eigenvalue weighted by atomic mass is 10.3. The Labute approximate surface area is 125 Å². The number of carbonyl (C=O) groups is 2. The molecule has 0 aromatic carbocycles. The summed E-state index contributed by atoms with van der Waals surface area (Å²) in [6.07, 6.45) is 3.63. The Morgan fingerprint density at radius 1 is 1.43 bits per heavy atom. The molecule has 1 aliphatic carbocycles. The molecule has 0 aliphatic heterocycles. The summed E-state index contributed by atoms with van der Waals surface area (Å²) in [4.78, 5) is 26.7. The summed E-state index contributed by atoms with van der Waals surface area (Å²) in [5.74, 6) is 0.519. The van der Waals surface area contributed by atoms with Gasteiger partial charge in [-0.3, -0.25) is 9.59 Å². The fourth-order valence-corrected chi connectivity index (χ4v) is 2.71. The topological polar surface area (TPSA) is 75.4 Å². The van der Waals surface area contributed by atoms with E-state index in [1.54, 1.807) is 17.0 Å². The average Bonchev–Trinajstić information content (AvgIpc) is 2.96. The van der Waals surface area contributed by atoms with Gasteiger partial charge in [0.05, 0.1) is 4.88 Å². The first-order valence-corrected chi connectivity index (χ1v) is 7.63. The molecule has 21 heavy (non-hydrogen) atoms. The molecule has 0 bridgehead atoms. The molecule has 6 nitrogen and oxygen atoms in total. The predicted molar refractivity (Wildman–Crippen MR) is 78.1 cm³/mol. The van der Waals surface area contributed by atoms with Crippen molar-refractivity contribution in [2.45, 2.75) is 12.8 Å². The van der Waals surface area contributed by atoms with Crippen molar-refractivity contribution in [2.75, 3.05) is 18.4 Å². The zero-order chi connectivity index (χ0) is 14.7. The van der Waals surface area contributed by atoms with Gasteiger partial charge in [-0.2, -0.15) is 0 Å². The highest BCUT2D eigenvalue weighted by Crippen LogP contribution is 2.30. The van der Waals surface area contributed by atoms with Crippen LogP contribution in [0.3, 0.4) is 0 Å². The van der Waals surface area contributed by atoms with Crippen LogP contribution in [0.2, 0.25) is 0 Å². The second-order valence-corrected chi connectivity index (χ2v) is 5.99. The standard InChI is InChI=1S/C14H15N3O3S/c18-13(15-12-5-6-20-16-12)9-17(8-10-3-4-10)14(19)11-2-1-7-21-11/h1-2,5-7,10H,3-4,8-9H2,(H,15,16,18). The van der Waals surface area contributed by atoms with E-state index in [1.807, 2.05) is 11.4 Å². The highest BCUT2D eigenvalue weighted by Gasteiger charge is 2.28. The van der Waals surface area contributed by atoms with Crippen LogP contribution in [0.1, 0.15) is 22.5 Å². The summed E-state index contributed by atoms with van der Waals surface area (Å²) in [6, 6.07) is 5.18. The van der Waals surface area contributed by atoms with Crippen LogP contribution in [-0.2, 0) is 4.79 Å². The minimum absolute atomic E-state index is 0.0279. The first kappa shape index (κ1) is 13.8. The molecule has 0 unspecified atom stereocenters. The second-order valence-electron chi connectivity index (χ2n) is 5.04. The lowest BCUT2D eigenvalue weighted by molar-refractivity contribution is -0.117. The van der Waals surface area contributed by atoms with E-state index >= 15 is 0 Å². The van der Waals surface area contributed by atoms with Gasteiger partial charge in [0.2, 0.25) is 5.91 Å². The van der Waals surface area contributed by atoms with Crippen LogP contribution in [0.25, 0.3) is 0 Å². The third kappa shape index (κ3) is 3.69. The van der Waals surface area contributed by atoms with Gasteiger partial charge in [0.1, 0.15) is 12.8 Å². The third-order valence-corrected chi connectivity index (χ3v) is 4.09. The lowest BCUT2D eigenvalue weighted by Gasteiger charge is -2.21. The van der Waals surface area contributed by atoms with E-state index in [9.17, 15) is 9.59 Å². The minimum Gasteiger partial charge on any atom is -0.363 e. The summed E-state index contributed by atoms with van der Waals surface area (Å²) in [6.45, 7) is 0.656. The second kappa shape index (κ2) is 6.09. The maximum Gasteiger partial charge on any atom is 0.264 e. The van der Waals surface area contributed by atoms with E-state index in [1.165, 1.54) is 17.6 Å². The van der Waals surface area contributed by atoms with Crippen molar-refractivity contribution in [3.05, 3.63) is 34.7 Å². The summed E-state index contributed by atoms with van der Waals surface area (Å²) >= 11 is 1.39. The van der Waals surface area contributed by atoms with E-state index in [-0.39, 0.29) is 18.4 Å². The van der Waals surface area contributed by atoms with Crippen LogP contribution in [0.5, 0.6) is 0 Å². The molecule has 0 spiro atoms. The number of anilines is 1. The van der Waals surface area contributed by atoms with Gasteiger partial charge in [-0.05, 0) is 30.2 Å². The minimum atomic E-state index is -0.269. The monoisotopic (exact) mass is 305 g/mol. The molecule has 2 aromatic heterocycles. The summed E-state index contributed by atoms with van der Waals surface area (Å²) < 4.78 is 4.66. The Morgan fingerprint density at radius 3 is 2.90 bits per heavy atom. The third-order valence-electron chi connectivity index (χ3n) is 3.23. The van der Waals surface area contributed by atoms with Crippen molar-refractivity contribution >= 4 is 29.0 Å². The van der Waals surface area contributed by atoms with Gasteiger partial charge in [0.15, 0.2) is 5.82 Å². The smallest absolute Gasteiger partial charge is 0.264 e. The lowest BCUT2D eigenvalue weighted by Crippen LogP contribution is -2.39. The zero-order valence-electron chi connectivity index (χ0n) is 11.3. The molecule has 1 fully saturated rings. The largest absolute Gasteiger partial charge is 0.363 e. The van der Waals surface area contributed by atoms with Crippen molar-refractivity contribution in [3.63, 3.8) is 0 Å². The van der Waals surface area contributed by atoms with Crippen LogP contribution in [0.15, 0.2) is 34.4 Å². The molecule has 1 saturated carbocycles. The van der Waals surface area contributed by atoms with Crippen LogP contribution >= 0.6 is 11.3 Å². The maximum atomic E-state index is 12.4. The number of carbonyl (C=O) groups excluding carboxylic acids is 2. The molecular weight excluding hydrogens is 290 g/mol. The van der Waals surface area contributed by atoms with Crippen LogP contribution in [0, 0.1) is 5.92 Å². The van der Waals surface area contributed by atoms with E-state index in [2.05, 4.69) is 15.0 Å². The van der Waals surface area contributed by atoms with E-state index in [0.717, 1.165) is 12.8 Å². The first-order valence-electron chi connectivity index (χ1n) is 6.75. The number of hydrogen-bond donors (Lipinski definition) is 1. The Bertz CT molecular complexity index is 605. The maximum absolute atomic E-state index is 12.4. The van der Waals surface area contributed by atoms with Gasteiger partial charge in [0, 0.05) is 12.6 Å². The van der Waals surface area contributed by atoms with Crippen molar-refractivity contribution in [1.29, 1.82) is 0 Å². The molecule has 2 aromatic rings. The van der Waals surface area contributed by atoms with Crippen molar-refractivity contribution in [1.82, 2.24) is 10.1 Å². The Kier molecular flexibility index (Phi) is 4.01. The van der Waals surface area contributed by atoms with Gasteiger partial charge >= 0.3 is 0 Å². The fraction of sp³-hybridized carbons (Fsp3) is 0.357. The molecule has 0 saturated heterocycles. The number of nitrogens with one attached hydrogen (secondary N) is 1. The summed E-state index contributed by atoms with van der Waals surface area (Å²) in [5.41, 5.74) is 0. The van der Waals surface area contributed by atoms with Crippen LogP contribution < -0.4 is 5.32 Å². The Hall–Kier alpha value is -2.15. The number of nitrogens with zero attached hydrogens (tertiary/aromatic N) is 2. The molecular formula is C14H15N3O3S. The number of aromatic nitrogens is 1. The molecule has 3 rings (SSSR count). The Morgan fingerprint density at radius 2 is 2.29 bits per heavy atom. The first-order chi connectivity index (χ1) is 10.2. The highest BCUT2D eigenvalue weighted by molar-refractivity contribution is 7.12. The zero-order valence-corrected chi connectivity index (χ0v) is 12.1. The summed E-state index contributed by atoms with van der Waals surface area (Å²) in [7, 11) is 0. The molecule has 1 N–H and O–H groups in total. The molecule has 2 heterocycles. The SMILES string of the molecule is O=C(CN(CC1CC1)C(=O)c1cccs1)Nc1ccon1. The van der Waals surface area contributed by atoms with E-state index in [4.69, 9.17) is 0 Å². The summed E-state index contributed by atoms with van der Waals surface area (Å²) in [5, 5.41) is 8.09. The molecule has 0 radical (unpaired) electrons. The van der Waals surface area contributed by atoms with Gasteiger partial charge < -0.3 is 14.7 Å². The van der Waals surface area contributed by atoms with Gasteiger partial charge in [-0.1, -0.05) is 11.2 Å². The van der Waals surface area contributed by atoms with Gasteiger partial charge in [-0.15, -0.1) is 11.3 Å². The predicted octanol–water partition coefficient (Wildman–Crippen LogP) is 2.23. The quantitative estimate of drug-likeness (QED) is 0.888. The Balaban J connectivity index is 1.64. The van der Waals surface area contributed by atoms with Gasteiger partial charge in [0.25, 0.3) is 5.91 Å². The van der Waals surface area contributed by atoms with Crippen molar-refractivity contribution in [2.24, 2.45) is 5.92 Å². The molecule has 1 aliphatic rings. The number of amides is 2. The van der Waals surface area contributed by atoms with E-state index < -0.39 is 0 Å². The normalized spacial score (nSPS) is 13.9. The van der Waals surface area contributed by atoms with Gasteiger partial charge in [-0.25, -0.2) is 0 Å². The van der Waals surface area contributed by atoms with Crippen LogP contribution in [-0.4, -0.2) is 35.0 Å². The van der Waals surface area contributed by atoms with Crippen molar-refractivity contribution in [3.8, 4) is 0 Å². The number of rotatable bonds is 6. The van der Waals surface area contributed by atoms with Crippen LogP contribution in [0.4, 0.5) is 5.82 Å². The molecule has 7 heteroatoms. The average molecular weight is 305 g/mol. The highest BCUT2D eigenvalue weighted by atomic mass is 32.1.